The summed E-state index contributed by atoms with van der Waals surface area (Å²) >= 11 is 4.81. The molecule has 0 aromatic carbocycles. The zero-order valence-corrected chi connectivity index (χ0v) is 11.4. The number of aromatic amines is 2. The van der Waals surface area contributed by atoms with Gasteiger partial charge in [-0.3, -0.25) is 14.6 Å². The lowest BCUT2D eigenvalue weighted by Gasteiger charge is -2.02. The molecule has 0 atom stereocenters. The number of amides is 1. The van der Waals surface area contributed by atoms with Crippen LogP contribution < -0.4 is 16.6 Å². The average molecular weight is 330 g/mol. The van der Waals surface area contributed by atoms with E-state index in [4.69, 9.17) is 0 Å². The molecule has 18 heavy (non-hydrogen) atoms. The molecule has 2 heterocycles. The summed E-state index contributed by atoms with van der Waals surface area (Å²) in [6.45, 7) is 0.337. The van der Waals surface area contributed by atoms with Crippen LogP contribution in [0.5, 0.6) is 0 Å². The second-order valence-corrected chi connectivity index (χ2v) is 5.94. The van der Waals surface area contributed by atoms with Crippen LogP contribution in [-0.4, -0.2) is 15.9 Å². The zero-order chi connectivity index (χ0) is 13.1. The number of H-pyrrole nitrogens is 2. The molecule has 0 aliphatic rings. The summed E-state index contributed by atoms with van der Waals surface area (Å²) in [5.41, 5.74) is -1.37. The molecule has 0 saturated carbocycles. The van der Waals surface area contributed by atoms with E-state index in [1.807, 2.05) is 17.1 Å². The number of halogens is 1. The number of hydrogen-bond acceptors (Lipinski definition) is 4. The molecule has 94 valence electrons. The third kappa shape index (κ3) is 3.17. The Morgan fingerprint density at radius 1 is 1.33 bits per heavy atom. The molecule has 0 aliphatic carbocycles. The Labute approximate surface area is 113 Å². The number of hydrogen-bond donors (Lipinski definition) is 3. The van der Waals surface area contributed by atoms with Gasteiger partial charge in [-0.05, 0) is 28.1 Å². The first-order chi connectivity index (χ1) is 8.54. The van der Waals surface area contributed by atoms with Gasteiger partial charge in [-0.1, -0.05) is 0 Å². The minimum absolute atomic E-state index is 0.0561. The highest BCUT2D eigenvalue weighted by molar-refractivity contribution is 9.11. The molecule has 0 unspecified atom stereocenters. The summed E-state index contributed by atoms with van der Waals surface area (Å²) in [4.78, 5) is 38.9. The molecule has 0 aliphatic heterocycles. The Hall–Kier alpha value is -1.67. The summed E-state index contributed by atoms with van der Waals surface area (Å²) in [5.74, 6) is -0.497. The first-order valence-corrected chi connectivity index (χ1v) is 6.51. The van der Waals surface area contributed by atoms with E-state index >= 15 is 0 Å². The number of thiophene rings is 1. The van der Waals surface area contributed by atoms with Crippen molar-refractivity contribution in [3.05, 3.63) is 53.4 Å². The highest BCUT2D eigenvalue weighted by Gasteiger charge is 2.08. The molecule has 0 fully saturated rings. The predicted octanol–water partition coefficient (Wildman–Crippen LogP) is 0.817. The maximum atomic E-state index is 11.7. The van der Waals surface area contributed by atoms with E-state index in [1.54, 1.807) is 0 Å². The molecule has 2 aromatic heterocycles. The van der Waals surface area contributed by atoms with Crippen molar-refractivity contribution in [2.45, 2.75) is 6.54 Å². The fourth-order valence-electron chi connectivity index (χ4n) is 1.30. The van der Waals surface area contributed by atoms with Crippen LogP contribution in [0.15, 0.2) is 31.6 Å². The van der Waals surface area contributed by atoms with Crippen molar-refractivity contribution >= 4 is 33.2 Å². The lowest BCUT2D eigenvalue weighted by atomic mass is 10.3. The van der Waals surface area contributed by atoms with Crippen molar-refractivity contribution in [1.29, 1.82) is 0 Å². The van der Waals surface area contributed by atoms with Crippen LogP contribution in [-0.2, 0) is 6.54 Å². The Kier molecular flexibility index (Phi) is 3.78. The van der Waals surface area contributed by atoms with Crippen LogP contribution >= 0.6 is 27.3 Å². The molecule has 2 rings (SSSR count). The molecule has 6 nitrogen and oxygen atoms in total. The minimum atomic E-state index is -0.702. The Balaban J connectivity index is 2.08. The van der Waals surface area contributed by atoms with E-state index in [2.05, 4.69) is 26.2 Å². The molecular formula is C10H8BrN3O3S. The standard InChI is InChI=1S/C10H8BrN3O3S/c11-7-2-1-5(18-7)4-12-9(16)6-3-8(15)14-10(17)13-6/h1-3H,4H2,(H,12,16)(H2,13,14,15,17). The summed E-state index contributed by atoms with van der Waals surface area (Å²) in [6, 6.07) is 4.79. The lowest BCUT2D eigenvalue weighted by Crippen LogP contribution is -2.30. The van der Waals surface area contributed by atoms with Gasteiger partial charge in [0, 0.05) is 10.9 Å². The van der Waals surface area contributed by atoms with Crippen LogP contribution in [0.2, 0.25) is 0 Å². The van der Waals surface area contributed by atoms with Crippen molar-refractivity contribution in [3.8, 4) is 0 Å². The van der Waals surface area contributed by atoms with Gasteiger partial charge in [-0.25, -0.2) is 4.79 Å². The van der Waals surface area contributed by atoms with Gasteiger partial charge in [-0.2, -0.15) is 0 Å². The summed E-state index contributed by atoms with van der Waals surface area (Å²) < 4.78 is 0.969. The van der Waals surface area contributed by atoms with Gasteiger partial charge in [-0.15, -0.1) is 11.3 Å². The van der Waals surface area contributed by atoms with Gasteiger partial charge in [0.05, 0.1) is 10.3 Å². The zero-order valence-electron chi connectivity index (χ0n) is 8.95. The molecule has 1 amide bonds. The fraction of sp³-hybridized carbons (Fsp3) is 0.100. The molecule has 0 bridgehead atoms. The van der Waals surface area contributed by atoms with Crippen LogP contribution in [0, 0.1) is 0 Å². The van der Waals surface area contributed by atoms with Gasteiger partial charge in [0.15, 0.2) is 0 Å². The van der Waals surface area contributed by atoms with Crippen molar-refractivity contribution in [2.24, 2.45) is 0 Å². The Bertz CT molecular complexity index is 660. The van der Waals surface area contributed by atoms with Crippen molar-refractivity contribution in [1.82, 2.24) is 15.3 Å². The Morgan fingerprint density at radius 3 is 2.72 bits per heavy atom. The second-order valence-electron chi connectivity index (χ2n) is 3.39. The smallest absolute Gasteiger partial charge is 0.326 e. The van der Waals surface area contributed by atoms with Gasteiger partial charge in [0.25, 0.3) is 11.5 Å². The average Bonchev–Trinajstić information content (AvgIpc) is 2.70. The first-order valence-electron chi connectivity index (χ1n) is 4.90. The highest BCUT2D eigenvalue weighted by Crippen LogP contribution is 2.21. The van der Waals surface area contributed by atoms with Crippen LogP contribution in [0.4, 0.5) is 0 Å². The van der Waals surface area contributed by atoms with Gasteiger partial charge in [0.1, 0.15) is 5.69 Å². The molecule has 3 N–H and O–H groups in total. The maximum absolute atomic E-state index is 11.7. The predicted molar refractivity (Wildman–Crippen MR) is 70.9 cm³/mol. The van der Waals surface area contributed by atoms with Gasteiger partial charge < -0.3 is 10.3 Å². The lowest BCUT2D eigenvalue weighted by molar-refractivity contribution is 0.0945. The highest BCUT2D eigenvalue weighted by atomic mass is 79.9. The Morgan fingerprint density at radius 2 is 2.11 bits per heavy atom. The van der Waals surface area contributed by atoms with E-state index < -0.39 is 17.2 Å². The van der Waals surface area contributed by atoms with E-state index in [-0.39, 0.29) is 5.69 Å². The second kappa shape index (κ2) is 5.32. The van der Waals surface area contributed by atoms with Crippen molar-refractivity contribution in [2.75, 3.05) is 0 Å². The topological polar surface area (TPSA) is 94.8 Å². The van der Waals surface area contributed by atoms with Gasteiger partial charge >= 0.3 is 5.69 Å². The third-order valence-electron chi connectivity index (χ3n) is 2.06. The SMILES string of the molecule is O=C(NCc1ccc(Br)s1)c1cc(=O)[nH]c(=O)[nH]1. The number of carbonyl (C=O) groups excluding carboxylic acids is 1. The fourth-order valence-corrected chi connectivity index (χ4v) is 2.72. The summed E-state index contributed by atoms with van der Waals surface area (Å²) in [7, 11) is 0. The first kappa shape index (κ1) is 12.8. The molecule has 0 radical (unpaired) electrons. The van der Waals surface area contributed by atoms with Crippen LogP contribution in [0.25, 0.3) is 0 Å². The third-order valence-corrected chi connectivity index (χ3v) is 3.68. The summed E-state index contributed by atoms with van der Waals surface area (Å²) in [6.07, 6.45) is 0. The van der Waals surface area contributed by atoms with Crippen molar-refractivity contribution < 1.29 is 4.79 Å². The monoisotopic (exact) mass is 329 g/mol. The van der Waals surface area contributed by atoms with Crippen LogP contribution in [0.3, 0.4) is 0 Å². The van der Waals surface area contributed by atoms with Crippen LogP contribution in [0.1, 0.15) is 15.4 Å². The molecule has 2 aromatic rings. The summed E-state index contributed by atoms with van der Waals surface area (Å²) in [5, 5.41) is 2.61. The number of carbonyl (C=O) groups is 1. The van der Waals surface area contributed by atoms with Crippen molar-refractivity contribution in [3.63, 3.8) is 0 Å². The molecule has 8 heteroatoms. The number of rotatable bonds is 3. The van der Waals surface area contributed by atoms with Gasteiger partial charge in [0.2, 0.25) is 0 Å². The van der Waals surface area contributed by atoms with E-state index in [1.165, 1.54) is 11.3 Å². The van der Waals surface area contributed by atoms with E-state index in [0.717, 1.165) is 14.7 Å². The number of aromatic nitrogens is 2. The quantitative estimate of drug-likeness (QED) is 0.777. The molecular weight excluding hydrogens is 322 g/mol. The normalized spacial score (nSPS) is 10.3. The number of nitrogens with one attached hydrogen (secondary N) is 3. The minimum Gasteiger partial charge on any atom is -0.346 e. The molecule has 0 saturated heterocycles. The van der Waals surface area contributed by atoms with E-state index in [0.29, 0.717) is 6.54 Å². The largest absolute Gasteiger partial charge is 0.346 e. The molecule has 0 spiro atoms. The maximum Gasteiger partial charge on any atom is 0.326 e. The van der Waals surface area contributed by atoms with E-state index in [9.17, 15) is 14.4 Å².